The van der Waals surface area contributed by atoms with Gasteiger partial charge in [-0.1, -0.05) is 37.6 Å². The van der Waals surface area contributed by atoms with Crippen molar-refractivity contribution in [3.8, 4) is 0 Å². The van der Waals surface area contributed by atoms with Crippen molar-refractivity contribution in [2.24, 2.45) is 0 Å². The molecule has 0 atom stereocenters. The van der Waals surface area contributed by atoms with Crippen molar-refractivity contribution in [2.45, 2.75) is 26.3 Å². The van der Waals surface area contributed by atoms with E-state index in [4.69, 9.17) is 16.0 Å². The molecule has 1 aromatic heterocycles. The molecule has 5 heteroatoms. The van der Waals surface area contributed by atoms with Crippen molar-refractivity contribution >= 4 is 28.5 Å². The second kappa shape index (κ2) is 7.11. The van der Waals surface area contributed by atoms with E-state index in [1.54, 1.807) is 30.3 Å². The highest BCUT2D eigenvalue weighted by Gasteiger charge is 2.11. The number of rotatable bonds is 4. The Hall–Kier alpha value is -2.59. The van der Waals surface area contributed by atoms with Crippen LogP contribution in [-0.2, 0) is 6.54 Å². The van der Waals surface area contributed by atoms with Crippen LogP contribution in [0.1, 0.15) is 41.3 Å². The van der Waals surface area contributed by atoms with Gasteiger partial charge in [0.25, 0.3) is 5.91 Å². The number of nitrogens with one attached hydrogen (secondary N) is 1. The minimum Gasteiger partial charge on any atom is -0.423 e. The summed E-state index contributed by atoms with van der Waals surface area (Å²) in [5.41, 5.74) is 2.43. The molecule has 1 amide bonds. The van der Waals surface area contributed by atoms with E-state index in [1.165, 1.54) is 6.07 Å². The number of amides is 1. The lowest BCUT2D eigenvalue weighted by molar-refractivity contribution is 0.0951. The summed E-state index contributed by atoms with van der Waals surface area (Å²) in [6.07, 6.45) is 0. The van der Waals surface area contributed by atoms with Gasteiger partial charge in [-0.15, -0.1) is 0 Å². The minimum atomic E-state index is -0.434. The lowest BCUT2D eigenvalue weighted by Gasteiger charge is -2.11. The Balaban J connectivity index is 1.91. The van der Waals surface area contributed by atoms with Gasteiger partial charge in [-0.25, -0.2) is 4.79 Å². The van der Waals surface area contributed by atoms with Crippen LogP contribution >= 0.6 is 11.6 Å². The first-order valence-electron chi connectivity index (χ1n) is 8.04. The standard InChI is InChI=1S/C20H18ClNO3/c1-12(2)13-6-7-18-17(9-13)15(10-19(23)25-18)11-22-20(24)14-4-3-5-16(21)8-14/h3-10,12H,11H2,1-2H3,(H,22,24). The molecule has 0 saturated carbocycles. The molecular weight excluding hydrogens is 338 g/mol. The highest BCUT2D eigenvalue weighted by atomic mass is 35.5. The fraction of sp³-hybridized carbons (Fsp3) is 0.200. The Kier molecular flexibility index (Phi) is 4.91. The molecule has 128 valence electrons. The van der Waals surface area contributed by atoms with E-state index in [0.29, 0.717) is 22.1 Å². The molecule has 0 aliphatic rings. The van der Waals surface area contributed by atoms with Crippen molar-refractivity contribution in [2.75, 3.05) is 0 Å². The molecular formula is C20H18ClNO3. The van der Waals surface area contributed by atoms with Crippen LogP contribution in [-0.4, -0.2) is 5.91 Å². The van der Waals surface area contributed by atoms with Crippen molar-refractivity contribution < 1.29 is 9.21 Å². The number of carbonyl (C=O) groups excluding carboxylic acids is 1. The molecule has 0 aliphatic carbocycles. The monoisotopic (exact) mass is 355 g/mol. The topological polar surface area (TPSA) is 59.3 Å². The smallest absolute Gasteiger partial charge is 0.336 e. The molecule has 3 aromatic rings. The third-order valence-corrected chi connectivity index (χ3v) is 4.28. The SMILES string of the molecule is CC(C)c1ccc2oc(=O)cc(CNC(=O)c3cccc(Cl)c3)c2c1. The highest BCUT2D eigenvalue weighted by Crippen LogP contribution is 2.23. The first-order chi connectivity index (χ1) is 11.9. The highest BCUT2D eigenvalue weighted by molar-refractivity contribution is 6.30. The molecule has 4 nitrogen and oxygen atoms in total. The van der Waals surface area contributed by atoms with Crippen molar-refractivity contribution in [1.29, 1.82) is 0 Å². The van der Waals surface area contributed by atoms with E-state index in [0.717, 1.165) is 16.5 Å². The van der Waals surface area contributed by atoms with Gasteiger partial charge in [0.05, 0.1) is 0 Å². The maximum atomic E-state index is 12.3. The lowest BCUT2D eigenvalue weighted by Crippen LogP contribution is -2.23. The van der Waals surface area contributed by atoms with Crippen LogP contribution in [0.3, 0.4) is 0 Å². The van der Waals surface area contributed by atoms with Crippen LogP contribution in [0.15, 0.2) is 57.7 Å². The Bertz CT molecular complexity index is 992. The van der Waals surface area contributed by atoms with Crippen LogP contribution in [0.2, 0.25) is 5.02 Å². The second-order valence-electron chi connectivity index (χ2n) is 6.19. The molecule has 0 fully saturated rings. The summed E-state index contributed by atoms with van der Waals surface area (Å²) in [4.78, 5) is 24.1. The summed E-state index contributed by atoms with van der Waals surface area (Å²) in [6.45, 7) is 4.43. The lowest BCUT2D eigenvalue weighted by atomic mass is 9.99. The second-order valence-corrected chi connectivity index (χ2v) is 6.63. The largest absolute Gasteiger partial charge is 0.423 e. The van der Waals surface area contributed by atoms with Crippen LogP contribution in [0.25, 0.3) is 11.0 Å². The van der Waals surface area contributed by atoms with Gasteiger partial charge in [0, 0.05) is 28.6 Å². The normalized spacial score (nSPS) is 11.0. The Labute approximate surface area is 150 Å². The number of fused-ring (bicyclic) bond motifs is 1. The zero-order valence-electron chi connectivity index (χ0n) is 14.0. The van der Waals surface area contributed by atoms with Crippen molar-refractivity contribution in [3.05, 3.63) is 80.7 Å². The molecule has 0 radical (unpaired) electrons. The summed E-state index contributed by atoms with van der Waals surface area (Å²) in [7, 11) is 0. The zero-order chi connectivity index (χ0) is 18.0. The first-order valence-corrected chi connectivity index (χ1v) is 8.42. The third kappa shape index (κ3) is 3.91. The van der Waals surface area contributed by atoms with Gasteiger partial charge in [0.1, 0.15) is 5.58 Å². The number of halogens is 1. The molecule has 0 spiro atoms. The van der Waals surface area contributed by atoms with Crippen LogP contribution < -0.4 is 10.9 Å². The fourth-order valence-electron chi connectivity index (χ4n) is 2.66. The minimum absolute atomic E-state index is 0.231. The van der Waals surface area contributed by atoms with E-state index < -0.39 is 5.63 Å². The average molecular weight is 356 g/mol. The maximum absolute atomic E-state index is 12.3. The molecule has 2 aromatic carbocycles. The van der Waals surface area contributed by atoms with Crippen LogP contribution in [0.5, 0.6) is 0 Å². The first kappa shape index (κ1) is 17.2. The quantitative estimate of drug-likeness (QED) is 0.701. The Morgan fingerprint density at radius 1 is 1.16 bits per heavy atom. The van der Waals surface area contributed by atoms with E-state index in [1.807, 2.05) is 12.1 Å². The van der Waals surface area contributed by atoms with E-state index in [2.05, 4.69) is 19.2 Å². The third-order valence-electron chi connectivity index (χ3n) is 4.05. The van der Waals surface area contributed by atoms with Crippen LogP contribution in [0.4, 0.5) is 0 Å². The molecule has 1 heterocycles. The number of carbonyl (C=O) groups is 1. The predicted octanol–water partition coefficient (Wildman–Crippen LogP) is 4.50. The van der Waals surface area contributed by atoms with Gasteiger partial charge >= 0.3 is 5.63 Å². The molecule has 3 rings (SSSR count). The maximum Gasteiger partial charge on any atom is 0.336 e. The molecule has 25 heavy (non-hydrogen) atoms. The van der Waals surface area contributed by atoms with E-state index in [-0.39, 0.29) is 12.5 Å². The molecule has 0 bridgehead atoms. The van der Waals surface area contributed by atoms with Crippen LogP contribution in [0, 0.1) is 0 Å². The Morgan fingerprint density at radius 2 is 1.96 bits per heavy atom. The van der Waals surface area contributed by atoms with Gasteiger partial charge in [-0.2, -0.15) is 0 Å². The van der Waals surface area contributed by atoms with Gasteiger partial charge in [0.15, 0.2) is 0 Å². The fourth-order valence-corrected chi connectivity index (χ4v) is 2.85. The predicted molar refractivity (Wildman–Crippen MR) is 99.2 cm³/mol. The van der Waals surface area contributed by atoms with E-state index >= 15 is 0 Å². The summed E-state index contributed by atoms with van der Waals surface area (Å²) in [6, 6.07) is 13.9. The van der Waals surface area contributed by atoms with E-state index in [9.17, 15) is 9.59 Å². The molecule has 0 saturated heterocycles. The number of hydrogen-bond donors (Lipinski definition) is 1. The molecule has 0 unspecified atom stereocenters. The van der Waals surface area contributed by atoms with Crippen molar-refractivity contribution in [1.82, 2.24) is 5.32 Å². The number of hydrogen-bond acceptors (Lipinski definition) is 3. The summed E-state index contributed by atoms with van der Waals surface area (Å²) >= 11 is 5.92. The van der Waals surface area contributed by atoms with Gasteiger partial charge in [-0.3, -0.25) is 4.79 Å². The van der Waals surface area contributed by atoms with Gasteiger partial charge in [0.2, 0.25) is 0 Å². The van der Waals surface area contributed by atoms with Gasteiger partial charge in [-0.05, 0) is 47.4 Å². The van der Waals surface area contributed by atoms with Gasteiger partial charge < -0.3 is 9.73 Å². The Morgan fingerprint density at radius 3 is 2.68 bits per heavy atom. The summed E-state index contributed by atoms with van der Waals surface area (Å²) in [5.74, 6) is 0.106. The average Bonchev–Trinajstić information content (AvgIpc) is 2.58. The zero-order valence-corrected chi connectivity index (χ0v) is 14.8. The molecule has 1 N–H and O–H groups in total. The van der Waals surface area contributed by atoms with Crippen molar-refractivity contribution in [3.63, 3.8) is 0 Å². The number of benzene rings is 2. The summed E-state index contributed by atoms with van der Waals surface area (Å²) < 4.78 is 5.26. The summed E-state index contributed by atoms with van der Waals surface area (Å²) in [5, 5.41) is 4.16. The molecule has 0 aliphatic heterocycles.